The fourth-order valence-corrected chi connectivity index (χ4v) is 2.25. The lowest BCUT2D eigenvalue weighted by atomic mass is 9.95. The number of hydrogen-bond donors (Lipinski definition) is 1. The Morgan fingerprint density at radius 1 is 1.45 bits per heavy atom. The van der Waals surface area contributed by atoms with E-state index >= 15 is 0 Å². The Labute approximate surface area is 128 Å². The maximum Gasteiger partial charge on any atom is 0.354 e. The van der Waals surface area contributed by atoms with Gasteiger partial charge in [0, 0.05) is 12.5 Å². The molecule has 0 radical (unpaired) electrons. The molecule has 1 heterocycles. The zero-order valence-electron chi connectivity index (χ0n) is 12.7. The topological polar surface area (TPSA) is 88.4 Å². The molecule has 0 saturated carbocycles. The molecule has 0 aliphatic carbocycles. The molecular weight excluding hydrogens is 288 g/mol. The van der Waals surface area contributed by atoms with Crippen LogP contribution in [-0.4, -0.2) is 42.0 Å². The van der Waals surface area contributed by atoms with E-state index in [9.17, 15) is 14.7 Å². The van der Waals surface area contributed by atoms with E-state index in [1.807, 2.05) is 0 Å². The van der Waals surface area contributed by atoms with Crippen molar-refractivity contribution in [2.75, 3.05) is 18.7 Å². The first-order valence-electron chi connectivity index (χ1n) is 6.84. The second-order valence-electron chi connectivity index (χ2n) is 5.04. The molecular formula is C15H18N2O5. The molecule has 22 heavy (non-hydrogen) atoms. The van der Waals surface area contributed by atoms with Gasteiger partial charge in [0.15, 0.2) is 5.54 Å². The van der Waals surface area contributed by atoms with E-state index in [0.717, 1.165) is 0 Å². The minimum Gasteiger partial charge on any atom is -0.497 e. The van der Waals surface area contributed by atoms with Gasteiger partial charge in [-0.25, -0.2) is 14.6 Å². The highest BCUT2D eigenvalue weighted by atomic mass is 16.5. The van der Waals surface area contributed by atoms with Crippen LogP contribution in [0.1, 0.15) is 20.3 Å². The van der Waals surface area contributed by atoms with Crippen molar-refractivity contribution in [3.8, 4) is 5.75 Å². The molecule has 0 bridgehead atoms. The van der Waals surface area contributed by atoms with E-state index in [4.69, 9.17) is 9.47 Å². The molecule has 1 aliphatic heterocycles. The molecule has 1 N–H and O–H groups in total. The smallest absolute Gasteiger partial charge is 0.354 e. The molecule has 0 aromatic heterocycles. The number of carbonyl (C=O) groups is 2. The number of esters is 1. The quantitative estimate of drug-likeness (QED) is 0.832. The fourth-order valence-electron chi connectivity index (χ4n) is 2.25. The summed E-state index contributed by atoms with van der Waals surface area (Å²) in [7, 11) is 1.52. The van der Waals surface area contributed by atoms with E-state index in [2.05, 4.69) is 5.10 Å². The number of carboxylic acid groups (broad SMARTS) is 1. The van der Waals surface area contributed by atoms with Crippen LogP contribution in [0.2, 0.25) is 0 Å². The summed E-state index contributed by atoms with van der Waals surface area (Å²) in [6, 6.07) is 6.85. The molecule has 118 valence electrons. The van der Waals surface area contributed by atoms with Crippen molar-refractivity contribution in [1.29, 1.82) is 0 Å². The van der Waals surface area contributed by atoms with Gasteiger partial charge in [0.1, 0.15) is 11.5 Å². The molecule has 7 heteroatoms. The summed E-state index contributed by atoms with van der Waals surface area (Å²) in [6.45, 7) is 3.41. The van der Waals surface area contributed by atoms with Crippen molar-refractivity contribution in [3.05, 3.63) is 24.3 Å². The van der Waals surface area contributed by atoms with Gasteiger partial charge >= 0.3 is 11.9 Å². The highest BCUT2D eigenvalue weighted by Gasteiger charge is 2.48. The first-order chi connectivity index (χ1) is 10.4. The lowest BCUT2D eigenvalue weighted by Gasteiger charge is -2.30. The predicted molar refractivity (Wildman–Crippen MR) is 80.2 cm³/mol. The lowest BCUT2D eigenvalue weighted by molar-refractivity contribution is -0.142. The highest BCUT2D eigenvalue weighted by Crippen LogP contribution is 2.35. The highest BCUT2D eigenvalue weighted by molar-refractivity contribution is 6.38. The Kier molecular flexibility index (Phi) is 4.35. The van der Waals surface area contributed by atoms with Crippen LogP contribution in [0, 0.1) is 0 Å². The summed E-state index contributed by atoms with van der Waals surface area (Å²) in [5.74, 6) is -1.09. The van der Waals surface area contributed by atoms with Crippen molar-refractivity contribution in [3.63, 3.8) is 0 Å². The van der Waals surface area contributed by atoms with Crippen LogP contribution in [0.25, 0.3) is 0 Å². The van der Waals surface area contributed by atoms with Crippen molar-refractivity contribution in [1.82, 2.24) is 0 Å². The summed E-state index contributed by atoms with van der Waals surface area (Å²) in [4.78, 5) is 23.5. The molecule has 0 saturated heterocycles. The Balaban J connectivity index is 2.43. The second-order valence-corrected chi connectivity index (χ2v) is 5.04. The summed E-state index contributed by atoms with van der Waals surface area (Å²) in [5, 5.41) is 15.1. The third-order valence-electron chi connectivity index (χ3n) is 3.47. The molecule has 0 unspecified atom stereocenters. The average Bonchev–Trinajstić information content (AvgIpc) is 2.87. The Bertz CT molecular complexity index is 628. The molecule has 1 aromatic carbocycles. The van der Waals surface area contributed by atoms with Crippen LogP contribution in [-0.2, 0) is 14.3 Å². The lowest BCUT2D eigenvalue weighted by Crippen LogP contribution is -2.47. The number of anilines is 1. The summed E-state index contributed by atoms with van der Waals surface area (Å²) in [5.41, 5.74) is -0.729. The van der Waals surface area contributed by atoms with Gasteiger partial charge in [-0.1, -0.05) is 6.07 Å². The van der Waals surface area contributed by atoms with Gasteiger partial charge in [0.2, 0.25) is 0 Å². The van der Waals surface area contributed by atoms with Crippen LogP contribution >= 0.6 is 0 Å². The van der Waals surface area contributed by atoms with Gasteiger partial charge in [-0.15, -0.1) is 0 Å². The fraction of sp³-hybridized carbons (Fsp3) is 0.400. The monoisotopic (exact) mass is 306 g/mol. The van der Waals surface area contributed by atoms with Crippen LogP contribution in [0.3, 0.4) is 0 Å². The molecule has 1 atom stereocenters. The average molecular weight is 306 g/mol. The third-order valence-corrected chi connectivity index (χ3v) is 3.47. The number of hydrogen-bond acceptors (Lipinski definition) is 6. The first kappa shape index (κ1) is 15.8. The largest absolute Gasteiger partial charge is 0.497 e. The molecule has 0 amide bonds. The normalized spacial score (nSPS) is 20.5. The molecule has 1 aliphatic rings. The SMILES string of the molecule is CCOC(=O)C1=NN(c2cccc(OC)c2)[C@@](C)(C(=O)O)C1. The van der Waals surface area contributed by atoms with E-state index in [-0.39, 0.29) is 18.7 Å². The van der Waals surface area contributed by atoms with E-state index < -0.39 is 17.5 Å². The van der Waals surface area contributed by atoms with E-state index in [1.54, 1.807) is 31.2 Å². The van der Waals surface area contributed by atoms with Gasteiger partial charge in [-0.05, 0) is 26.0 Å². The van der Waals surface area contributed by atoms with Gasteiger partial charge < -0.3 is 14.6 Å². The summed E-state index contributed by atoms with van der Waals surface area (Å²) < 4.78 is 10.1. The van der Waals surface area contributed by atoms with Crippen molar-refractivity contribution >= 4 is 23.3 Å². The number of ether oxygens (including phenoxy) is 2. The minimum absolute atomic E-state index is 0.0294. The Morgan fingerprint density at radius 2 is 2.18 bits per heavy atom. The predicted octanol–water partition coefficient (Wildman–Crippen LogP) is 1.67. The maximum atomic E-state index is 11.9. The summed E-state index contributed by atoms with van der Waals surface area (Å²) >= 11 is 0. The summed E-state index contributed by atoms with van der Waals surface area (Å²) in [6.07, 6.45) is -0.0294. The minimum atomic E-state index is -1.35. The van der Waals surface area contributed by atoms with Crippen LogP contribution in [0.15, 0.2) is 29.4 Å². The van der Waals surface area contributed by atoms with Crippen LogP contribution < -0.4 is 9.75 Å². The second kappa shape index (κ2) is 6.05. The van der Waals surface area contributed by atoms with Crippen molar-refractivity contribution < 1.29 is 24.2 Å². The number of benzene rings is 1. The van der Waals surface area contributed by atoms with Crippen molar-refractivity contribution in [2.24, 2.45) is 5.10 Å². The zero-order chi connectivity index (χ0) is 16.3. The number of nitrogens with zero attached hydrogens (tertiary/aromatic N) is 2. The number of carbonyl (C=O) groups excluding carboxylic acids is 1. The molecule has 0 spiro atoms. The third kappa shape index (κ3) is 2.74. The molecule has 0 fully saturated rings. The number of hydrazone groups is 1. The standard InChI is InChI=1S/C15H18N2O5/c1-4-22-13(18)12-9-15(2,14(19)20)17(16-12)10-6-5-7-11(8-10)21-3/h5-8H,4,9H2,1-3H3,(H,19,20)/t15-/m1/s1. The van der Waals surface area contributed by atoms with E-state index in [1.165, 1.54) is 19.0 Å². The van der Waals surface area contributed by atoms with Gasteiger partial charge in [0.05, 0.1) is 19.4 Å². The Hall–Kier alpha value is -2.57. The number of rotatable bonds is 5. The van der Waals surface area contributed by atoms with Gasteiger partial charge in [-0.2, -0.15) is 5.10 Å². The van der Waals surface area contributed by atoms with Gasteiger partial charge in [-0.3, -0.25) is 0 Å². The van der Waals surface area contributed by atoms with E-state index in [0.29, 0.717) is 11.4 Å². The van der Waals surface area contributed by atoms with Crippen molar-refractivity contribution in [2.45, 2.75) is 25.8 Å². The van der Waals surface area contributed by atoms with Crippen LogP contribution in [0.5, 0.6) is 5.75 Å². The number of methoxy groups -OCH3 is 1. The van der Waals surface area contributed by atoms with Gasteiger partial charge in [0.25, 0.3) is 0 Å². The maximum absolute atomic E-state index is 11.9. The first-order valence-corrected chi connectivity index (χ1v) is 6.84. The number of carboxylic acids is 1. The molecule has 2 rings (SSSR count). The molecule has 7 nitrogen and oxygen atoms in total. The number of aliphatic carboxylic acids is 1. The molecule has 1 aromatic rings. The van der Waals surface area contributed by atoms with Crippen LogP contribution in [0.4, 0.5) is 5.69 Å². The zero-order valence-corrected chi connectivity index (χ0v) is 12.7. The Morgan fingerprint density at radius 3 is 2.77 bits per heavy atom.